The number of nitro groups is 1. The van der Waals surface area contributed by atoms with Crippen molar-refractivity contribution in [1.29, 1.82) is 0 Å². The average Bonchev–Trinajstić information content (AvgIpc) is 2.46. The van der Waals surface area contributed by atoms with E-state index in [2.05, 4.69) is 5.32 Å². The summed E-state index contributed by atoms with van der Waals surface area (Å²) in [5.41, 5.74) is 7.47. The number of hydrogen-bond donors (Lipinski definition) is 2. The topological polar surface area (TPSA) is 81.2 Å². The predicted molar refractivity (Wildman–Crippen MR) is 84.7 cm³/mol. The smallest absolute Gasteiger partial charge is 0.273 e. The molecule has 0 aliphatic carbocycles. The third kappa shape index (κ3) is 2.76. The Labute approximate surface area is 121 Å². The zero-order chi connectivity index (χ0) is 14.8. The molecule has 0 spiro atoms. The Morgan fingerprint density at radius 1 is 0.905 bits per heavy atom. The molecule has 3 aromatic carbocycles. The molecular formula is C16H13N3O2. The van der Waals surface area contributed by atoms with Gasteiger partial charge in [0.25, 0.3) is 5.69 Å². The number of benzene rings is 3. The molecule has 0 fully saturated rings. The van der Waals surface area contributed by atoms with Crippen LogP contribution in [0, 0.1) is 10.1 Å². The van der Waals surface area contributed by atoms with Crippen molar-refractivity contribution in [1.82, 2.24) is 0 Å². The Kier molecular flexibility index (Phi) is 3.16. The van der Waals surface area contributed by atoms with Gasteiger partial charge in [0, 0.05) is 29.2 Å². The van der Waals surface area contributed by atoms with Crippen LogP contribution in [0.4, 0.5) is 22.7 Å². The second-order valence-corrected chi connectivity index (χ2v) is 4.76. The molecule has 3 aromatic rings. The molecule has 0 saturated heterocycles. The van der Waals surface area contributed by atoms with Crippen LogP contribution in [0.5, 0.6) is 0 Å². The van der Waals surface area contributed by atoms with Crippen molar-refractivity contribution in [3.8, 4) is 0 Å². The third-order valence-electron chi connectivity index (χ3n) is 3.19. The van der Waals surface area contributed by atoms with Crippen molar-refractivity contribution in [2.24, 2.45) is 0 Å². The summed E-state index contributed by atoms with van der Waals surface area (Å²) < 4.78 is 0. The molecule has 5 heteroatoms. The molecule has 0 atom stereocenters. The van der Waals surface area contributed by atoms with Gasteiger partial charge < -0.3 is 11.1 Å². The van der Waals surface area contributed by atoms with Gasteiger partial charge >= 0.3 is 0 Å². The van der Waals surface area contributed by atoms with E-state index >= 15 is 0 Å². The lowest BCUT2D eigenvalue weighted by Crippen LogP contribution is -1.96. The van der Waals surface area contributed by atoms with Crippen molar-refractivity contribution >= 4 is 33.5 Å². The van der Waals surface area contributed by atoms with Crippen LogP contribution in [0.1, 0.15) is 0 Å². The summed E-state index contributed by atoms with van der Waals surface area (Å²) in [6.07, 6.45) is 0. The van der Waals surface area contributed by atoms with Crippen LogP contribution in [-0.4, -0.2) is 4.92 Å². The van der Waals surface area contributed by atoms with Crippen LogP contribution in [0.3, 0.4) is 0 Å². The minimum atomic E-state index is -0.456. The van der Waals surface area contributed by atoms with Gasteiger partial charge in [-0.2, -0.15) is 0 Å². The molecule has 0 amide bonds. The number of anilines is 3. The lowest BCUT2D eigenvalue weighted by Gasteiger charge is -2.08. The van der Waals surface area contributed by atoms with Crippen molar-refractivity contribution in [2.75, 3.05) is 11.1 Å². The molecule has 0 saturated carbocycles. The lowest BCUT2D eigenvalue weighted by molar-refractivity contribution is -0.384. The summed E-state index contributed by atoms with van der Waals surface area (Å²) in [5.74, 6) is 0. The summed E-state index contributed by atoms with van der Waals surface area (Å²) in [6, 6.07) is 18.4. The van der Waals surface area contributed by atoms with Gasteiger partial charge in [-0.05, 0) is 29.0 Å². The van der Waals surface area contributed by atoms with E-state index in [1.807, 2.05) is 42.5 Å². The fourth-order valence-electron chi connectivity index (χ4n) is 2.25. The summed E-state index contributed by atoms with van der Waals surface area (Å²) >= 11 is 0. The van der Waals surface area contributed by atoms with E-state index < -0.39 is 4.92 Å². The van der Waals surface area contributed by atoms with Gasteiger partial charge in [0.15, 0.2) is 0 Å². The fraction of sp³-hybridized carbons (Fsp3) is 0. The maximum Gasteiger partial charge on any atom is 0.273 e. The highest BCUT2D eigenvalue weighted by Crippen LogP contribution is 2.27. The normalized spacial score (nSPS) is 10.5. The molecule has 0 heterocycles. The molecule has 3 N–H and O–H groups in total. The number of nitrogen functional groups attached to an aromatic ring is 1. The van der Waals surface area contributed by atoms with Crippen molar-refractivity contribution in [3.05, 3.63) is 70.8 Å². The summed E-state index contributed by atoms with van der Waals surface area (Å²) in [5, 5.41) is 16.2. The predicted octanol–water partition coefficient (Wildman–Crippen LogP) is 4.07. The molecule has 0 aliphatic heterocycles. The van der Waals surface area contributed by atoms with Crippen LogP contribution in [-0.2, 0) is 0 Å². The first-order valence-electron chi connectivity index (χ1n) is 6.42. The second-order valence-electron chi connectivity index (χ2n) is 4.76. The molecule has 104 valence electrons. The minimum Gasteiger partial charge on any atom is -0.398 e. The summed E-state index contributed by atoms with van der Waals surface area (Å²) in [6.45, 7) is 0. The van der Waals surface area contributed by atoms with E-state index in [-0.39, 0.29) is 5.69 Å². The van der Waals surface area contributed by atoms with Crippen LogP contribution < -0.4 is 11.1 Å². The lowest BCUT2D eigenvalue weighted by atomic mass is 10.1. The van der Waals surface area contributed by atoms with Gasteiger partial charge in [0.1, 0.15) is 0 Å². The molecule has 0 bridgehead atoms. The Hall–Kier alpha value is -3.08. The largest absolute Gasteiger partial charge is 0.398 e. The maximum absolute atomic E-state index is 10.9. The van der Waals surface area contributed by atoms with Crippen molar-refractivity contribution in [3.63, 3.8) is 0 Å². The number of nitrogens with zero attached hydrogens (tertiary/aromatic N) is 1. The van der Waals surface area contributed by atoms with E-state index in [4.69, 9.17) is 5.73 Å². The number of nitro benzene ring substituents is 1. The molecule has 21 heavy (non-hydrogen) atoms. The van der Waals surface area contributed by atoms with Crippen LogP contribution in [0.15, 0.2) is 60.7 Å². The van der Waals surface area contributed by atoms with E-state index in [1.54, 1.807) is 6.07 Å². The number of non-ortho nitro benzene ring substituents is 1. The number of rotatable bonds is 3. The standard InChI is InChI=1S/C16H13N3O2/c17-13-8-15(10-16(9-13)19(20)21)18-14-6-5-11-3-1-2-4-12(11)7-14/h1-10,18H,17H2. The molecule has 5 nitrogen and oxygen atoms in total. The van der Waals surface area contributed by atoms with Gasteiger partial charge in [0.05, 0.1) is 4.92 Å². The van der Waals surface area contributed by atoms with Crippen LogP contribution in [0.2, 0.25) is 0 Å². The first-order chi connectivity index (χ1) is 10.1. The number of hydrogen-bond acceptors (Lipinski definition) is 4. The van der Waals surface area contributed by atoms with Gasteiger partial charge in [0.2, 0.25) is 0 Å². The third-order valence-corrected chi connectivity index (χ3v) is 3.19. The van der Waals surface area contributed by atoms with E-state index in [0.29, 0.717) is 11.4 Å². The van der Waals surface area contributed by atoms with Crippen LogP contribution in [0.25, 0.3) is 10.8 Å². The Balaban J connectivity index is 1.96. The number of fused-ring (bicyclic) bond motifs is 1. The molecule has 0 aliphatic rings. The van der Waals surface area contributed by atoms with E-state index in [1.165, 1.54) is 12.1 Å². The van der Waals surface area contributed by atoms with Crippen LogP contribution >= 0.6 is 0 Å². The fourth-order valence-corrected chi connectivity index (χ4v) is 2.25. The van der Waals surface area contributed by atoms with E-state index in [9.17, 15) is 10.1 Å². The van der Waals surface area contributed by atoms with Gasteiger partial charge in [-0.25, -0.2) is 0 Å². The second kappa shape index (κ2) is 5.13. The Morgan fingerprint density at radius 2 is 1.67 bits per heavy atom. The maximum atomic E-state index is 10.9. The average molecular weight is 279 g/mol. The molecule has 0 unspecified atom stereocenters. The first-order valence-corrected chi connectivity index (χ1v) is 6.42. The van der Waals surface area contributed by atoms with Gasteiger partial charge in [-0.1, -0.05) is 30.3 Å². The summed E-state index contributed by atoms with van der Waals surface area (Å²) in [7, 11) is 0. The minimum absolute atomic E-state index is 0.0294. The first kappa shape index (κ1) is 12.9. The molecule has 0 aromatic heterocycles. The monoisotopic (exact) mass is 279 g/mol. The van der Waals surface area contributed by atoms with Crippen molar-refractivity contribution in [2.45, 2.75) is 0 Å². The molecular weight excluding hydrogens is 266 g/mol. The molecule has 3 rings (SSSR count). The van der Waals surface area contributed by atoms with Crippen molar-refractivity contribution < 1.29 is 4.92 Å². The number of nitrogens with two attached hydrogens (primary N) is 1. The number of nitrogens with one attached hydrogen (secondary N) is 1. The molecule has 0 radical (unpaired) electrons. The highest BCUT2D eigenvalue weighted by molar-refractivity contribution is 5.86. The zero-order valence-corrected chi connectivity index (χ0v) is 11.1. The highest BCUT2D eigenvalue weighted by Gasteiger charge is 2.08. The quantitative estimate of drug-likeness (QED) is 0.430. The zero-order valence-electron chi connectivity index (χ0n) is 11.1. The SMILES string of the molecule is Nc1cc(Nc2ccc3ccccc3c2)cc([N+](=O)[O-])c1. The highest BCUT2D eigenvalue weighted by atomic mass is 16.6. The Bertz CT molecular complexity index is 831. The van der Waals surface area contributed by atoms with E-state index in [0.717, 1.165) is 16.5 Å². The summed E-state index contributed by atoms with van der Waals surface area (Å²) in [4.78, 5) is 10.4. The van der Waals surface area contributed by atoms with Gasteiger partial charge in [-0.3, -0.25) is 10.1 Å². The van der Waals surface area contributed by atoms with Gasteiger partial charge in [-0.15, -0.1) is 0 Å². The Morgan fingerprint density at radius 3 is 2.43 bits per heavy atom.